The number of hydrogen-bond donors (Lipinski definition) is 1. The summed E-state index contributed by atoms with van der Waals surface area (Å²) < 4.78 is 5.78. The molecule has 1 amide bonds. The topological polar surface area (TPSA) is 71.3 Å². The van der Waals surface area contributed by atoms with E-state index in [0.29, 0.717) is 18.4 Å². The van der Waals surface area contributed by atoms with Crippen molar-refractivity contribution >= 4 is 11.6 Å². The number of hydrogen-bond acceptors (Lipinski definition) is 5. The summed E-state index contributed by atoms with van der Waals surface area (Å²) >= 11 is 0. The van der Waals surface area contributed by atoms with Crippen molar-refractivity contribution in [1.82, 2.24) is 15.1 Å². The Morgan fingerprint density at radius 3 is 2.65 bits per heavy atom. The zero-order valence-electron chi connectivity index (χ0n) is 16.1. The Labute approximate surface area is 155 Å². The lowest BCUT2D eigenvalue weighted by molar-refractivity contribution is -0.117. The van der Waals surface area contributed by atoms with Gasteiger partial charge in [0.05, 0.1) is 6.54 Å². The van der Waals surface area contributed by atoms with Crippen LogP contribution >= 0.6 is 0 Å². The minimum atomic E-state index is 0.0389. The highest BCUT2D eigenvalue weighted by Gasteiger charge is 2.26. The first-order valence-electron chi connectivity index (χ1n) is 9.35. The van der Waals surface area contributed by atoms with Crippen LogP contribution in [0.5, 0.6) is 0 Å². The molecule has 0 unspecified atom stereocenters. The molecule has 1 N–H and O–H groups in total. The van der Waals surface area contributed by atoms with Gasteiger partial charge >= 0.3 is 0 Å². The van der Waals surface area contributed by atoms with Crippen LogP contribution in [-0.4, -0.2) is 40.6 Å². The van der Waals surface area contributed by atoms with E-state index in [1.54, 1.807) is 0 Å². The number of anilines is 1. The molecule has 1 saturated heterocycles. The van der Waals surface area contributed by atoms with E-state index in [4.69, 9.17) is 4.42 Å². The molecule has 1 fully saturated rings. The van der Waals surface area contributed by atoms with Crippen LogP contribution in [0.2, 0.25) is 0 Å². The summed E-state index contributed by atoms with van der Waals surface area (Å²) in [5.41, 5.74) is 3.21. The first-order valence-corrected chi connectivity index (χ1v) is 9.35. The molecule has 0 spiro atoms. The van der Waals surface area contributed by atoms with Crippen molar-refractivity contribution in [1.29, 1.82) is 0 Å². The highest BCUT2D eigenvalue weighted by Crippen LogP contribution is 2.28. The fourth-order valence-corrected chi connectivity index (χ4v) is 3.26. The average Bonchev–Trinajstić information content (AvgIpc) is 3.10. The summed E-state index contributed by atoms with van der Waals surface area (Å²) in [6, 6.07) is 5.98. The summed E-state index contributed by atoms with van der Waals surface area (Å²) in [6.45, 7) is 10.3. The third kappa shape index (κ3) is 4.30. The maximum absolute atomic E-state index is 12.4. The predicted octanol–water partition coefficient (Wildman–Crippen LogP) is 3.63. The summed E-state index contributed by atoms with van der Waals surface area (Å²) in [6.07, 6.45) is 1.88. The van der Waals surface area contributed by atoms with Gasteiger partial charge in [0.2, 0.25) is 17.7 Å². The number of aromatic nitrogens is 2. The van der Waals surface area contributed by atoms with E-state index in [9.17, 15) is 4.79 Å². The van der Waals surface area contributed by atoms with Crippen molar-refractivity contribution in [2.24, 2.45) is 0 Å². The number of nitrogens with one attached hydrogen (secondary N) is 1. The van der Waals surface area contributed by atoms with Crippen LogP contribution in [0.15, 0.2) is 22.6 Å². The van der Waals surface area contributed by atoms with Gasteiger partial charge in [0.1, 0.15) is 0 Å². The monoisotopic (exact) mass is 356 g/mol. The van der Waals surface area contributed by atoms with Gasteiger partial charge in [-0.3, -0.25) is 9.69 Å². The normalized spacial score (nSPS) is 16.2. The summed E-state index contributed by atoms with van der Waals surface area (Å²) in [7, 11) is 0. The second-order valence-electron chi connectivity index (χ2n) is 7.48. The van der Waals surface area contributed by atoms with E-state index >= 15 is 0 Å². The second-order valence-corrected chi connectivity index (χ2v) is 7.48. The number of carbonyl (C=O) groups excluding carboxylic acids is 1. The SMILES string of the molecule is Cc1cccc(NC(=O)CN2CCC(c3nnc(C(C)C)o3)CC2)c1C. The van der Waals surface area contributed by atoms with Gasteiger partial charge in [-0.2, -0.15) is 0 Å². The first kappa shape index (κ1) is 18.6. The first-order chi connectivity index (χ1) is 12.4. The highest BCUT2D eigenvalue weighted by molar-refractivity contribution is 5.93. The van der Waals surface area contributed by atoms with E-state index < -0.39 is 0 Å². The van der Waals surface area contributed by atoms with Gasteiger partial charge in [-0.25, -0.2) is 0 Å². The van der Waals surface area contributed by atoms with Crippen molar-refractivity contribution in [2.75, 3.05) is 25.0 Å². The molecule has 1 aromatic heterocycles. The molecule has 26 heavy (non-hydrogen) atoms. The quantitative estimate of drug-likeness (QED) is 0.886. The van der Waals surface area contributed by atoms with E-state index in [2.05, 4.69) is 47.3 Å². The number of likely N-dealkylation sites (tertiary alicyclic amines) is 1. The smallest absolute Gasteiger partial charge is 0.238 e. The minimum absolute atomic E-state index is 0.0389. The number of carbonyl (C=O) groups is 1. The lowest BCUT2D eigenvalue weighted by Gasteiger charge is -2.29. The molecule has 0 saturated carbocycles. The molecule has 2 heterocycles. The number of rotatable bonds is 5. The Balaban J connectivity index is 1.50. The number of piperidine rings is 1. The van der Waals surface area contributed by atoms with E-state index in [-0.39, 0.29) is 11.8 Å². The van der Waals surface area contributed by atoms with Crippen LogP contribution in [0.25, 0.3) is 0 Å². The summed E-state index contributed by atoms with van der Waals surface area (Å²) in [5, 5.41) is 11.4. The van der Waals surface area contributed by atoms with Gasteiger partial charge in [0, 0.05) is 17.5 Å². The highest BCUT2D eigenvalue weighted by atomic mass is 16.4. The largest absolute Gasteiger partial charge is 0.425 e. The third-order valence-electron chi connectivity index (χ3n) is 5.13. The van der Waals surface area contributed by atoms with Crippen molar-refractivity contribution in [3.8, 4) is 0 Å². The molecule has 6 heteroatoms. The minimum Gasteiger partial charge on any atom is -0.425 e. The molecule has 0 radical (unpaired) electrons. The summed E-state index contributed by atoms with van der Waals surface area (Å²) in [4.78, 5) is 14.6. The molecule has 0 aliphatic carbocycles. The molecule has 6 nitrogen and oxygen atoms in total. The second kappa shape index (κ2) is 7.99. The zero-order chi connectivity index (χ0) is 18.7. The van der Waals surface area contributed by atoms with Crippen molar-refractivity contribution in [3.63, 3.8) is 0 Å². The fourth-order valence-electron chi connectivity index (χ4n) is 3.26. The van der Waals surface area contributed by atoms with Gasteiger partial charge in [-0.05, 0) is 57.0 Å². The number of aryl methyl sites for hydroxylation is 1. The lowest BCUT2D eigenvalue weighted by Crippen LogP contribution is -2.38. The summed E-state index contributed by atoms with van der Waals surface area (Å²) in [5.74, 6) is 2.04. The third-order valence-corrected chi connectivity index (χ3v) is 5.13. The molecular formula is C20H28N4O2. The molecule has 1 aliphatic heterocycles. The lowest BCUT2D eigenvalue weighted by atomic mass is 9.97. The van der Waals surface area contributed by atoms with Gasteiger partial charge < -0.3 is 9.73 Å². The molecule has 1 aliphatic rings. The van der Waals surface area contributed by atoms with Crippen molar-refractivity contribution in [2.45, 2.75) is 52.4 Å². The number of benzene rings is 1. The van der Waals surface area contributed by atoms with Crippen LogP contribution in [0.3, 0.4) is 0 Å². The Bertz CT molecular complexity index is 761. The fraction of sp³-hybridized carbons (Fsp3) is 0.550. The maximum atomic E-state index is 12.4. The predicted molar refractivity (Wildman–Crippen MR) is 101 cm³/mol. The molecular weight excluding hydrogens is 328 g/mol. The Kier molecular flexibility index (Phi) is 5.71. The molecule has 0 atom stereocenters. The van der Waals surface area contributed by atoms with Gasteiger partial charge in [-0.15, -0.1) is 10.2 Å². The maximum Gasteiger partial charge on any atom is 0.238 e. The van der Waals surface area contributed by atoms with Crippen molar-refractivity contribution in [3.05, 3.63) is 41.1 Å². The Hall–Kier alpha value is -2.21. The van der Waals surface area contributed by atoms with Crippen LogP contribution < -0.4 is 5.32 Å². The van der Waals surface area contributed by atoms with Gasteiger partial charge in [0.25, 0.3) is 0 Å². The Morgan fingerprint density at radius 2 is 2.00 bits per heavy atom. The van der Waals surface area contributed by atoms with Crippen LogP contribution in [-0.2, 0) is 4.79 Å². The molecule has 2 aromatic rings. The van der Waals surface area contributed by atoms with E-state index in [0.717, 1.165) is 43.1 Å². The number of nitrogens with zero attached hydrogens (tertiary/aromatic N) is 3. The van der Waals surface area contributed by atoms with E-state index in [1.807, 2.05) is 19.1 Å². The average molecular weight is 356 g/mol. The molecule has 0 bridgehead atoms. The molecule has 3 rings (SSSR count). The van der Waals surface area contributed by atoms with E-state index in [1.165, 1.54) is 5.56 Å². The van der Waals surface area contributed by atoms with Gasteiger partial charge in [0.15, 0.2) is 0 Å². The van der Waals surface area contributed by atoms with Crippen LogP contribution in [0.1, 0.15) is 61.4 Å². The van der Waals surface area contributed by atoms with Crippen LogP contribution in [0, 0.1) is 13.8 Å². The zero-order valence-corrected chi connectivity index (χ0v) is 16.1. The molecule has 1 aromatic carbocycles. The Morgan fingerprint density at radius 1 is 1.27 bits per heavy atom. The van der Waals surface area contributed by atoms with Gasteiger partial charge in [-0.1, -0.05) is 26.0 Å². The molecule has 140 valence electrons. The van der Waals surface area contributed by atoms with Crippen LogP contribution in [0.4, 0.5) is 5.69 Å². The standard InChI is InChI=1S/C20H28N4O2/c1-13(2)19-22-23-20(26-19)16-8-10-24(11-9-16)12-18(25)21-17-7-5-6-14(3)15(17)4/h5-7,13,16H,8-12H2,1-4H3,(H,21,25). The number of amides is 1. The van der Waals surface area contributed by atoms with Crippen molar-refractivity contribution < 1.29 is 9.21 Å².